The van der Waals surface area contributed by atoms with Crippen LogP contribution in [0.1, 0.15) is 38.2 Å². The number of amides is 2. The molecule has 1 aromatic carbocycles. The fourth-order valence-electron chi connectivity index (χ4n) is 2.95. The Balaban J connectivity index is 1.85. The molecule has 23 heavy (non-hydrogen) atoms. The minimum absolute atomic E-state index is 0.0440. The first kappa shape index (κ1) is 17.8. The Labute approximate surface area is 138 Å². The van der Waals surface area contributed by atoms with Crippen molar-refractivity contribution in [1.29, 1.82) is 0 Å². The maximum atomic E-state index is 11.9. The number of rotatable bonds is 6. The highest BCUT2D eigenvalue weighted by atomic mass is 16.5. The van der Waals surface area contributed by atoms with Crippen LogP contribution < -0.4 is 5.32 Å². The number of carbonyl (C=O) groups excluding carboxylic acids is 1. The van der Waals surface area contributed by atoms with Crippen molar-refractivity contribution in [3.63, 3.8) is 0 Å². The third-order valence-corrected chi connectivity index (χ3v) is 4.33. The van der Waals surface area contributed by atoms with Crippen LogP contribution in [-0.2, 0) is 11.3 Å². The molecule has 0 aliphatic heterocycles. The average molecular weight is 320 g/mol. The van der Waals surface area contributed by atoms with Gasteiger partial charge in [-0.05, 0) is 36.5 Å². The molecule has 5 nitrogen and oxygen atoms in total. The molecule has 1 fully saturated rings. The number of aliphatic hydroxyl groups excluding tert-OH is 1. The molecule has 1 aromatic rings. The highest BCUT2D eigenvalue weighted by Gasteiger charge is 2.19. The molecule has 2 N–H and O–H groups in total. The summed E-state index contributed by atoms with van der Waals surface area (Å²) in [5, 5.41) is 11.7. The fraction of sp³-hybridized carbons (Fsp3) is 0.611. The third kappa shape index (κ3) is 5.84. The van der Waals surface area contributed by atoms with Gasteiger partial charge in [0.1, 0.15) is 0 Å². The van der Waals surface area contributed by atoms with Gasteiger partial charge in [-0.1, -0.05) is 31.9 Å². The van der Waals surface area contributed by atoms with Gasteiger partial charge in [-0.15, -0.1) is 0 Å². The number of anilines is 1. The van der Waals surface area contributed by atoms with E-state index in [1.54, 1.807) is 7.05 Å². The normalized spacial score (nSPS) is 21.0. The monoisotopic (exact) mass is 320 g/mol. The SMILES string of the molecule is C[C@@H]1CCC[C@@H](OCc2cccc(NC(=O)N(C)CCO)c2)C1. The zero-order valence-electron chi connectivity index (χ0n) is 14.1. The van der Waals surface area contributed by atoms with Gasteiger partial charge >= 0.3 is 6.03 Å². The molecule has 0 heterocycles. The molecule has 0 aromatic heterocycles. The number of hydrogen-bond donors (Lipinski definition) is 2. The van der Waals surface area contributed by atoms with Gasteiger partial charge in [0, 0.05) is 19.3 Å². The van der Waals surface area contributed by atoms with Crippen LogP contribution >= 0.6 is 0 Å². The van der Waals surface area contributed by atoms with Gasteiger partial charge in [0.2, 0.25) is 0 Å². The summed E-state index contributed by atoms with van der Waals surface area (Å²) in [7, 11) is 1.66. The minimum Gasteiger partial charge on any atom is -0.395 e. The Morgan fingerprint density at radius 3 is 3.00 bits per heavy atom. The topological polar surface area (TPSA) is 61.8 Å². The number of nitrogens with one attached hydrogen (secondary N) is 1. The quantitative estimate of drug-likeness (QED) is 0.846. The van der Waals surface area contributed by atoms with Crippen LogP contribution in [-0.4, -0.2) is 42.3 Å². The Bertz CT molecular complexity index is 507. The highest BCUT2D eigenvalue weighted by Crippen LogP contribution is 2.26. The average Bonchev–Trinajstić information content (AvgIpc) is 2.53. The second kappa shape index (κ2) is 8.89. The van der Waals surface area contributed by atoms with Gasteiger partial charge in [-0.3, -0.25) is 0 Å². The molecule has 0 bridgehead atoms. The lowest BCUT2D eigenvalue weighted by molar-refractivity contribution is 0.00468. The molecular formula is C18H28N2O3. The van der Waals surface area contributed by atoms with E-state index < -0.39 is 0 Å². The molecule has 0 spiro atoms. The Morgan fingerprint density at radius 2 is 2.26 bits per heavy atom. The number of aliphatic hydroxyl groups is 1. The molecule has 1 aliphatic carbocycles. The van der Waals surface area contributed by atoms with Crippen LogP contribution in [0.2, 0.25) is 0 Å². The van der Waals surface area contributed by atoms with Crippen molar-refractivity contribution in [3.05, 3.63) is 29.8 Å². The van der Waals surface area contributed by atoms with Crippen molar-refractivity contribution >= 4 is 11.7 Å². The molecule has 2 rings (SSSR count). The van der Waals surface area contributed by atoms with E-state index in [2.05, 4.69) is 12.2 Å². The van der Waals surface area contributed by atoms with Crippen molar-refractivity contribution in [2.75, 3.05) is 25.5 Å². The molecule has 2 atom stereocenters. The molecular weight excluding hydrogens is 292 g/mol. The molecule has 5 heteroatoms. The molecule has 0 radical (unpaired) electrons. The van der Waals surface area contributed by atoms with Gasteiger partial charge in [0.25, 0.3) is 0 Å². The summed E-state index contributed by atoms with van der Waals surface area (Å²) in [5.74, 6) is 0.751. The van der Waals surface area contributed by atoms with Crippen molar-refractivity contribution in [3.8, 4) is 0 Å². The number of likely N-dealkylation sites (N-methyl/N-ethyl adjacent to an activating group) is 1. The maximum absolute atomic E-state index is 11.9. The van der Waals surface area contributed by atoms with Gasteiger partial charge in [-0.25, -0.2) is 4.79 Å². The number of carbonyl (C=O) groups is 1. The Morgan fingerprint density at radius 1 is 1.43 bits per heavy atom. The van der Waals surface area contributed by atoms with Crippen LogP contribution in [0, 0.1) is 5.92 Å². The highest BCUT2D eigenvalue weighted by molar-refractivity contribution is 5.89. The first-order valence-electron chi connectivity index (χ1n) is 8.42. The molecule has 2 amide bonds. The number of urea groups is 1. The van der Waals surface area contributed by atoms with E-state index in [1.807, 2.05) is 24.3 Å². The molecule has 0 saturated heterocycles. The predicted molar refractivity (Wildman–Crippen MR) is 91.4 cm³/mol. The number of benzene rings is 1. The van der Waals surface area contributed by atoms with Crippen LogP contribution in [0.15, 0.2) is 24.3 Å². The van der Waals surface area contributed by atoms with Crippen molar-refractivity contribution < 1.29 is 14.6 Å². The Kier molecular flexibility index (Phi) is 6.86. The van der Waals surface area contributed by atoms with E-state index >= 15 is 0 Å². The van der Waals surface area contributed by atoms with E-state index in [0.717, 1.165) is 30.0 Å². The van der Waals surface area contributed by atoms with Crippen molar-refractivity contribution in [1.82, 2.24) is 4.90 Å². The summed E-state index contributed by atoms with van der Waals surface area (Å²) in [6.07, 6.45) is 5.20. The number of hydrogen-bond acceptors (Lipinski definition) is 3. The van der Waals surface area contributed by atoms with E-state index in [9.17, 15) is 4.79 Å². The lowest BCUT2D eigenvalue weighted by atomic mass is 9.89. The van der Waals surface area contributed by atoms with E-state index in [0.29, 0.717) is 19.3 Å². The molecule has 1 aliphatic rings. The largest absolute Gasteiger partial charge is 0.395 e. The summed E-state index contributed by atoms with van der Waals surface area (Å²) in [4.78, 5) is 13.4. The standard InChI is InChI=1S/C18H28N2O3/c1-14-5-3-8-17(11-14)23-13-15-6-4-7-16(12-15)19-18(22)20(2)9-10-21/h4,6-7,12,14,17,21H,3,5,8-11,13H2,1-2H3,(H,19,22)/t14-,17-/m1/s1. The van der Waals surface area contributed by atoms with Crippen LogP contribution in [0.3, 0.4) is 0 Å². The summed E-state index contributed by atoms with van der Waals surface area (Å²) < 4.78 is 6.03. The second-order valence-corrected chi connectivity index (χ2v) is 6.48. The zero-order chi connectivity index (χ0) is 16.7. The van der Waals surface area contributed by atoms with Crippen LogP contribution in [0.25, 0.3) is 0 Å². The van der Waals surface area contributed by atoms with Crippen molar-refractivity contribution in [2.45, 2.75) is 45.3 Å². The molecule has 1 saturated carbocycles. The van der Waals surface area contributed by atoms with Gasteiger partial charge in [0.15, 0.2) is 0 Å². The Hall–Kier alpha value is -1.59. The van der Waals surface area contributed by atoms with Gasteiger partial charge in [0.05, 0.1) is 19.3 Å². The molecule has 0 unspecified atom stereocenters. The van der Waals surface area contributed by atoms with E-state index in [1.165, 1.54) is 17.7 Å². The summed E-state index contributed by atoms with van der Waals surface area (Å²) in [5.41, 5.74) is 1.81. The first-order valence-corrected chi connectivity index (χ1v) is 8.42. The minimum atomic E-state index is -0.224. The zero-order valence-corrected chi connectivity index (χ0v) is 14.1. The summed E-state index contributed by atoms with van der Waals surface area (Å²) in [6, 6.07) is 7.51. The lowest BCUT2D eigenvalue weighted by Gasteiger charge is -2.26. The third-order valence-electron chi connectivity index (χ3n) is 4.33. The number of ether oxygens (including phenoxy) is 1. The molecule has 128 valence electrons. The van der Waals surface area contributed by atoms with Gasteiger partial charge in [-0.2, -0.15) is 0 Å². The first-order chi connectivity index (χ1) is 11.1. The summed E-state index contributed by atoms with van der Waals surface area (Å²) in [6.45, 7) is 3.13. The van der Waals surface area contributed by atoms with E-state index in [4.69, 9.17) is 9.84 Å². The van der Waals surface area contributed by atoms with Gasteiger partial charge < -0.3 is 20.1 Å². The number of nitrogens with zero attached hydrogens (tertiary/aromatic N) is 1. The van der Waals surface area contributed by atoms with Crippen LogP contribution in [0.4, 0.5) is 10.5 Å². The fourth-order valence-corrected chi connectivity index (χ4v) is 2.95. The van der Waals surface area contributed by atoms with Crippen molar-refractivity contribution in [2.24, 2.45) is 5.92 Å². The second-order valence-electron chi connectivity index (χ2n) is 6.48. The lowest BCUT2D eigenvalue weighted by Crippen LogP contribution is -2.33. The smallest absolute Gasteiger partial charge is 0.321 e. The summed E-state index contributed by atoms with van der Waals surface area (Å²) >= 11 is 0. The van der Waals surface area contributed by atoms with E-state index in [-0.39, 0.29) is 12.6 Å². The maximum Gasteiger partial charge on any atom is 0.321 e. The van der Waals surface area contributed by atoms with Crippen LogP contribution in [0.5, 0.6) is 0 Å². The predicted octanol–water partition coefficient (Wildman–Crippen LogP) is 3.24.